The molecule has 0 spiro atoms. The van der Waals surface area contributed by atoms with Gasteiger partial charge in [-0.3, -0.25) is 0 Å². The van der Waals surface area contributed by atoms with Gasteiger partial charge in [0.15, 0.2) is 0 Å². The third-order valence-electron chi connectivity index (χ3n) is 1.87. The van der Waals surface area contributed by atoms with Crippen LogP contribution in [0.2, 0.25) is 5.02 Å². The summed E-state index contributed by atoms with van der Waals surface area (Å²) in [5.41, 5.74) is 0.710. The van der Waals surface area contributed by atoms with Gasteiger partial charge in [0.25, 0.3) is 0 Å². The third kappa shape index (κ3) is 1.98. The average molecular weight is 246 g/mol. The summed E-state index contributed by atoms with van der Waals surface area (Å²) in [6.07, 6.45) is 1.38. The van der Waals surface area contributed by atoms with Crippen LogP contribution in [0.4, 0.5) is 4.39 Å². The highest BCUT2D eigenvalue weighted by Gasteiger charge is 2.14. The Kier molecular flexibility index (Phi) is 2.93. The Labute approximate surface area is 95.6 Å². The Balaban J connectivity index is 2.53. The van der Waals surface area contributed by atoms with Crippen LogP contribution in [0.3, 0.4) is 0 Å². The fraction of sp³-hybridized carbons (Fsp3) is 0.100. The lowest BCUT2D eigenvalue weighted by atomic mass is 10.2. The zero-order valence-electron chi connectivity index (χ0n) is 7.51. The van der Waals surface area contributed by atoms with Gasteiger partial charge in [-0.2, -0.15) is 0 Å². The molecule has 0 saturated heterocycles. The maximum Gasteiger partial charge on any atom is 0.230 e. The zero-order valence-corrected chi connectivity index (χ0v) is 9.02. The molecule has 1 heterocycles. The summed E-state index contributed by atoms with van der Waals surface area (Å²) in [5, 5.41) is 0.262. The average Bonchev–Trinajstić information content (AvgIpc) is 2.66. The molecule has 2 nitrogen and oxygen atoms in total. The highest BCUT2D eigenvalue weighted by molar-refractivity contribution is 6.33. The van der Waals surface area contributed by atoms with Gasteiger partial charge in [0.2, 0.25) is 5.89 Å². The quantitative estimate of drug-likeness (QED) is 0.751. The molecule has 5 heteroatoms. The molecule has 0 saturated carbocycles. The second-order valence-electron chi connectivity index (χ2n) is 2.87. The van der Waals surface area contributed by atoms with Crippen molar-refractivity contribution in [3.05, 3.63) is 41.0 Å². The number of rotatable bonds is 2. The van der Waals surface area contributed by atoms with Crippen LogP contribution in [0.15, 0.2) is 28.9 Å². The van der Waals surface area contributed by atoms with E-state index in [9.17, 15) is 4.39 Å². The van der Waals surface area contributed by atoms with E-state index in [1.54, 1.807) is 6.07 Å². The number of oxazole rings is 1. The van der Waals surface area contributed by atoms with Crippen LogP contribution in [0.25, 0.3) is 11.5 Å². The number of benzene rings is 1. The monoisotopic (exact) mass is 245 g/mol. The van der Waals surface area contributed by atoms with Crippen molar-refractivity contribution in [3.63, 3.8) is 0 Å². The predicted molar refractivity (Wildman–Crippen MR) is 56.5 cm³/mol. The first-order valence-electron chi connectivity index (χ1n) is 4.17. The van der Waals surface area contributed by atoms with Gasteiger partial charge in [-0.1, -0.05) is 17.7 Å². The van der Waals surface area contributed by atoms with E-state index in [4.69, 9.17) is 27.6 Å². The van der Waals surface area contributed by atoms with Crippen LogP contribution >= 0.6 is 23.2 Å². The van der Waals surface area contributed by atoms with Crippen molar-refractivity contribution in [1.29, 1.82) is 0 Å². The van der Waals surface area contributed by atoms with E-state index < -0.39 is 5.82 Å². The minimum atomic E-state index is -0.467. The lowest BCUT2D eigenvalue weighted by molar-refractivity contribution is 0.561. The molecule has 0 fully saturated rings. The van der Waals surface area contributed by atoms with Crippen LogP contribution in [0.1, 0.15) is 5.69 Å². The lowest BCUT2D eigenvalue weighted by Gasteiger charge is -1.99. The summed E-state index contributed by atoms with van der Waals surface area (Å²) in [6, 6.07) is 4.39. The van der Waals surface area contributed by atoms with E-state index in [1.807, 2.05) is 0 Å². The molecule has 2 aromatic rings. The van der Waals surface area contributed by atoms with Gasteiger partial charge in [-0.05, 0) is 12.1 Å². The van der Waals surface area contributed by atoms with Crippen molar-refractivity contribution in [2.45, 2.75) is 5.88 Å². The Morgan fingerprint density at radius 2 is 2.20 bits per heavy atom. The van der Waals surface area contributed by atoms with Gasteiger partial charge in [0, 0.05) is 0 Å². The zero-order chi connectivity index (χ0) is 10.8. The van der Waals surface area contributed by atoms with Gasteiger partial charge in [-0.15, -0.1) is 11.6 Å². The predicted octanol–water partition coefficient (Wildman–Crippen LogP) is 3.87. The molecular weight excluding hydrogens is 240 g/mol. The van der Waals surface area contributed by atoms with Crippen LogP contribution < -0.4 is 0 Å². The minimum Gasteiger partial charge on any atom is -0.444 e. The van der Waals surface area contributed by atoms with Crippen LogP contribution in [0, 0.1) is 5.82 Å². The standard InChI is InChI=1S/C10H6Cl2FNO/c11-4-6-5-15-10(14-6)9-7(12)2-1-3-8(9)13/h1-3,5H,4H2. The van der Waals surface area contributed by atoms with Crippen molar-refractivity contribution in [1.82, 2.24) is 4.98 Å². The molecule has 0 bridgehead atoms. The Hall–Kier alpha value is -1.06. The minimum absolute atomic E-state index is 0.147. The van der Waals surface area contributed by atoms with Crippen molar-refractivity contribution >= 4 is 23.2 Å². The first kappa shape index (κ1) is 10.5. The molecule has 78 valence electrons. The molecule has 0 atom stereocenters. The largest absolute Gasteiger partial charge is 0.444 e. The highest BCUT2D eigenvalue weighted by atomic mass is 35.5. The molecule has 0 aliphatic carbocycles. The molecule has 0 unspecified atom stereocenters. The summed E-state index contributed by atoms with van der Waals surface area (Å²) in [7, 11) is 0. The van der Waals surface area contributed by atoms with Crippen molar-refractivity contribution in [3.8, 4) is 11.5 Å². The van der Waals surface area contributed by atoms with Crippen LogP contribution in [0.5, 0.6) is 0 Å². The maximum absolute atomic E-state index is 13.4. The van der Waals surface area contributed by atoms with Crippen molar-refractivity contribution < 1.29 is 8.81 Å². The van der Waals surface area contributed by atoms with Crippen LogP contribution in [-0.2, 0) is 5.88 Å². The van der Waals surface area contributed by atoms with Gasteiger partial charge < -0.3 is 4.42 Å². The Morgan fingerprint density at radius 3 is 2.80 bits per heavy atom. The summed E-state index contributed by atoms with van der Waals surface area (Å²) in [6.45, 7) is 0. The Morgan fingerprint density at radius 1 is 1.40 bits per heavy atom. The number of hydrogen-bond donors (Lipinski definition) is 0. The van der Waals surface area contributed by atoms with E-state index in [0.717, 1.165) is 0 Å². The summed E-state index contributed by atoms with van der Waals surface area (Å²) >= 11 is 11.4. The normalized spacial score (nSPS) is 10.6. The number of hydrogen-bond acceptors (Lipinski definition) is 2. The first-order valence-corrected chi connectivity index (χ1v) is 5.08. The number of nitrogens with zero attached hydrogens (tertiary/aromatic N) is 1. The number of aromatic nitrogens is 1. The van der Waals surface area contributed by atoms with Crippen LogP contribution in [-0.4, -0.2) is 4.98 Å². The summed E-state index contributed by atoms with van der Waals surface area (Å²) < 4.78 is 18.5. The number of alkyl halides is 1. The van der Waals surface area contributed by atoms with E-state index in [0.29, 0.717) is 5.69 Å². The molecular formula is C10H6Cl2FNO. The fourth-order valence-electron chi connectivity index (χ4n) is 1.19. The Bertz CT molecular complexity index is 464. The smallest absolute Gasteiger partial charge is 0.230 e. The molecule has 15 heavy (non-hydrogen) atoms. The number of halogens is 3. The molecule has 1 aromatic heterocycles. The first-order chi connectivity index (χ1) is 7.22. The molecule has 0 radical (unpaired) electrons. The molecule has 2 rings (SSSR count). The second kappa shape index (κ2) is 4.21. The van der Waals surface area contributed by atoms with Crippen molar-refractivity contribution in [2.75, 3.05) is 0 Å². The van der Waals surface area contributed by atoms with Gasteiger partial charge in [-0.25, -0.2) is 9.37 Å². The molecule has 1 aromatic carbocycles. The van der Waals surface area contributed by atoms with E-state index in [1.165, 1.54) is 18.4 Å². The van der Waals surface area contributed by atoms with Gasteiger partial charge in [0.1, 0.15) is 12.1 Å². The topological polar surface area (TPSA) is 26.0 Å². The van der Waals surface area contributed by atoms with Crippen molar-refractivity contribution in [2.24, 2.45) is 0 Å². The van der Waals surface area contributed by atoms with E-state index in [-0.39, 0.29) is 22.4 Å². The summed E-state index contributed by atoms with van der Waals surface area (Å²) in [4.78, 5) is 4.00. The maximum atomic E-state index is 13.4. The van der Waals surface area contributed by atoms with Gasteiger partial charge in [0.05, 0.1) is 22.2 Å². The fourth-order valence-corrected chi connectivity index (χ4v) is 1.55. The molecule has 0 aliphatic rings. The molecule has 0 aliphatic heterocycles. The highest BCUT2D eigenvalue weighted by Crippen LogP contribution is 2.29. The molecule has 0 N–H and O–H groups in total. The third-order valence-corrected chi connectivity index (χ3v) is 2.45. The lowest BCUT2D eigenvalue weighted by Crippen LogP contribution is -1.86. The van der Waals surface area contributed by atoms with E-state index >= 15 is 0 Å². The van der Waals surface area contributed by atoms with E-state index in [2.05, 4.69) is 4.98 Å². The molecule has 0 amide bonds. The van der Waals surface area contributed by atoms with Gasteiger partial charge >= 0.3 is 0 Å². The SMILES string of the molecule is Fc1cccc(Cl)c1-c1nc(CCl)co1. The second-order valence-corrected chi connectivity index (χ2v) is 3.55. The summed E-state index contributed by atoms with van der Waals surface area (Å²) in [5.74, 6) is -0.102.